The average Bonchev–Trinajstić information content (AvgIpc) is 3.15. The SMILES string of the molecule is CCCCCCCCCn1c(CCNC(=O)C23CC4CC(CC(C4)C2)C3)nc2ccccc21. The van der Waals surface area contributed by atoms with Crippen molar-refractivity contribution in [3.63, 3.8) is 0 Å². The van der Waals surface area contributed by atoms with E-state index in [0.29, 0.717) is 12.5 Å². The minimum atomic E-state index is -0.0489. The van der Waals surface area contributed by atoms with Crippen LogP contribution in [0.1, 0.15) is 96.2 Å². The van der Waals surface area contributed by atoms with Gasteiger partial charge in [0.05, 0.1) is 11.0 Å². The molecular formula is C29H43N3O. The smallest absolute Gasteiger partial charge is 0.226 e. The van der Waals surface area contributed by atoms with Gasteiger partial charge < -0.3 is 9.88 Å². The highest BCUT2D eigenvalue weighted by atomic mass is 16.2. The first kappa shape index (κ1) is 22.9. The molecule has 0 aliphatic heterocycles. The fourth-order valence-corrected chi connectivity index (χ4v) is 7.66. The number of hydrogen-bond acceptors (Lipinski definition) is 2. The van der Waals surface area contributed by atoms with Gasteiger partial charge >= 0.3 is 0 Å². The monoisotopic (exact) mass is 449 g/mol. The number of benzene rings is 1. The van der Waals surface area contributed by atoms with E-state index in [9.17, 15) is 4.79 Å². The maximum atomic E-state index is 13.3. The number of carbonyl (C=O) groups excluding carboxylic acids is 1. The number of nitrogens with zero attached hydrogens (tertiary/aromatic N) is 2. The highest BCUT2D eigenvalue weighted by molar-refractivity contribution is 5.83. The molecule has 180 valence electrons. The summed E-state index contributed by atoms with van der Waals surface area (Å²) in [4.78, 5) is 18.3. The molecule has 33 heavy (non-hydrogen) atoms. The van der Waals surface area contributed by atoms with Crippen LogP contribution in [-0.4, -0.2) is 22.0 Å². The lowest BCUT2D eigenvalue weighted by atomic mass is 9.49. The number of rotatable bonds is 12. The molecule has 1 amide bonds. The number of aromatic nitrogens is 2. The number of para-hydroxylation sites is 2. The standard InChI is InChI=1S/C29H43N3O/c1-2-3-4-5-6-7-10-15-32-26-12-9-8-11-25(26)31-27(32)13-14-30-28(33)29-19-22-16-23(20-29)18-24(17-22)21-29/h8-9,11-12,22-24H,2-7,10,13-21H2,1H3,(H,30,33). The van der Waals surface area contributed by atoms with E-state index >= 15 is 0 Å². The molecule has 0 spiro atoms. The van der Waals surface area contributed by atoms with Crippen LogP contribution in [0.4, 0.5) is 0 Å². The molecule has 1 aromatic heterocycles. The van der Waals surface area contributed by atoms with Crippen molar-refractivity contribution in [3.05, 3.63) is 30.1 Å². The summed E-state index contributed by atoms with van der Waals surface area (Å²) in [5, 5.41) is 3.36. The number of hydrogen-bond donors (Lipinski definition) is 1. The lowest BCUT2D eigenvalue weighted by Gasteiger charge is -2.55. The van der Waals surface area contributed by atoms with Gasteiger partial charge in [0, 0.05) is 24.9 Å². The van der Waals surface area contributed by atoms with E-state index in [1.165, 1.54) is 69.7 Å². The van der Waals surface area contributed by atoms with Gasteiger partial charge in [-0.2, -0.15) is 0 Å². The van der Waals surface area contributed by atoms with Gasteiger partial charge in [-0.15, -0.1) is 0 Å². The number of unbranched alkanes of at least 4 members (excludes halogenated alkanes) is 6. The van der Waals surface area contributed by atoms with Crippen molar-refractivity contribution in [2.45, 2.75) is 103 Å². The average molecular weight is 450 g/mol. The van der Waals surface area contributed by atoms with Crippen LogP contribution in [0.25, 0.3) is 11.0 Å². The molecule has 2 aromatic rings. The Morgan fingerprint density at radius 3 is 2.30 bits per heavy atom. The van der Waals surface area contributed by atoms with Crippen LogP contribution >= 0.6 is 0 Å². The second kappa shape index (κ2) is 10.2. The number of fused-ring (bicyclic) bond motifs is 1. The lowest BCUT2D eigenvalue weighted by molar-refractivity contribution is -0.146. The van der Waals surface area contributed by atoms with Gasteiger partial charge in [0.1, 0.15) is 5.82 Å². The van der Waals surface area contributed by atoms with Gasteiger partial charge in [0.2, 0.25) is 5.91 Å². The van der Waals surface area contributed by atoms with E-state index in [4.69, 9.17) is 4.98 Å². The molecule has 0 saturated heterocycles. The van der Waals surface area contributed by atoms with Crippen LogP contribution in [0.2, 0.25) is 0 Å². The molecular weight excluding hydrogens is 406 g/mol. The number of imidazole rings is 1. The molecule has 0 unspecified atom stereocenters. The molecule has 4 fully saturated rings. The van der Waals surface area contributed by atoms with E-state index in [2.05, 4.69) is 41.1 Å². The minimum absolute atomic E-state index is 0.0489. The van der Waals surface area contributed by atoms with Crippen molar-refractivity contribution in [2.75, 3.05) is 6.54 Å². The normalized spacial score (nSPS) is 28.0. The number of amides is 1. The molecule has 4 heteroatoms. The molecule has 1 heterocycles. The Kier molecular flexibility index (Phi) is 7.08. The van der Waals surface area contributed by atoms with Gasteiger partial charge in [-0.1, -0.05) is 57.6 Å². The maximum absolute atomic E-state index is 13.3. The summed E-state index contributed by atoms with van der Waals surface area (Å²) in [5.41, 5.74) is 2.28. The number of aryl methyl sites for hydroxylation is 1. The zero-order valence-electron chi connectivity index (χ0n) is 20.7. The first-order valence-electron chi connectivity index (χ1n) is 13.9. The summed E-state index contributed by atoms with van der Waals surface area (Å²) >= 11 is 0. The molecule has 1 aromatic carbocycles. The summed E-state index contributed by atoms with van der Waals surface area (Å²) < 4.78 is 2.41. The fraction of sp³-hybridized carbons (Fsp3) is 0.724. The highest BCUT2D eigenvalue weighted by Gasteiger charge is 2.54. The molecule has 4 nitrogen and oxygen atoms in total. The number of carbonyl (C=O) groups is 1. The molecule has 4 aliphatic rings. The lowest BCUT2D eigenvalue weighted by Crippen LogP contribution is -2.53. The van der Waals surface area contributed by atoms with Crippen LogP contribution in [0.3, 0.4) is 0 Å². The summed E-state index contributed by atoms with van der Waals surface area (Å²) in [7, 11) is 0. The minimum Gasteiger partial charge on any atom is -0.355 e. The largest absolute Gasteiger partial charge is 0.355 e. The summed E-state index contributed by atoms with van der Waals surface area (Å²) in [6.45, 7) is 4.02. The Morgan fingerprint density at radius 2 is 1.61 bits per heavy atom. The number of nitrogens with one attached hydrogen (secondary N) is 1. The van der Waals surface area contributed by atoms with Crippen LogP contribution in [0.15, 0.2) is 24.3 Å². The predicted octanol–water partition coefficient (Wildman–Crippen LogP) is 6.66. The first-order valence-corrected chi connectivity index (χ1v) is 13.9. The molecule has 4 bridgehead atoms. The second-order valence-corrected chi connectivity index (χ2v) is 11.5. The van der Waals surface area contributed by atoms with Gasteiger partial charge in [-0.25, -0.2) is 4.98 Å². The summed E-state index contributed by atoms with van der Waals surface area (Å²) in [6, 6.07) is 8.51. The maximum Gasteiger partial charge on any atom is 0.226 e. The zero-order valence-corrected chi connectivity index (χ0v) is 20.7. The molecule has 0 atom stereocenters. The summed E-state index contributed by atoms with van der Waals surface area (Å²) in [6.07, 6.45) is 17.6. The van der Waals surface area contributed by atoms with Crippen LogP contribution in [-0.2, 0) is 17.8 Å². The third-order valence-electron chi connectivity index (χ3n) is 8.87. The first-order chi connectivity index (χ1) is 16.2. The van der Waals surface area contributed by atoms with Crippen molar-refractivity contribution in [1.82, 2.24) is 14.9 Å². The van der Waals surface area contributed by atoms with Gasteiger partial charge in [-0.05, 0) is 74.8 Å². The Bertz CT molecular complexity index is 910. The van der Waals surface area contributed by atoms with Crippen molar-refractivity contribution in [3.8, 4) is 0 Å². The van der Waals surface area contributed by atoms with E-state index in [-0.39, 0.29) is 5.41 Å². The van der Waals surface area contributed by atoms with Crippen LogP contribution in [0, 0.1) is 23.2 Å². The topological polar surface area (TPSA) is 46.9 Å². The van der Waals surface area contributed by atoms with Crippen LogP contribution < -0.4 is 5.32 Å². The van der Waals surface area contributed by atoms with Crippen molar-refractivity contribution < 1.29 is 4.79 Å². The molecule has 1 N–H and O–H groups in total. The third-order valence-corrected chi connectivity index (χ3v) is 8.87. The van der Waals surface area contributed by atoms with Crippen molar-refractivity contribution in [2.24, 2.45) is 23.2 Å². The fourth-order valence-electron chi connectivity index (χ4n) is 7.66. The van der Waals surface area contributed by atoms with Crippen molar-refractivity contribution >= 4 is 16.9 Å². The second-order valence-electron chi connectivity index (χ2n) is 11.5. The molecule has 0 radical (unpaired) electrons. The predicted molar refractivity (Wildman–Crippen MR) is 135 cm³/mol. The third kappa shape index (κ3) is 5.00. The quantitative estimate of drug-likeness (QED) is 0.368. The Morgan fingerprint density at radius 1 is 0.970 bits per heavy atom. The van der Waals surface area contributed by atoms with Crippen LogP contribution in [0.5, 0.6) is 0 Å². The van der Waals surface area contributed by atoms with E-state index in [1.807, 2.05) is 0 Å². The van der Waals surface area contributed by atoms with Gasteiger partial charge in [0.15, 0.2) is 0 Å². The highest BCUT2D eigenvalue weighted by Crippen LogP contribution is 2.60. The molecule has 4 saturated carbocycles. The summed E-state index contributed by atoms with van der Waals surface area (Å²) in [5.74, 6) is 3.92. The Balaban J connectivity index is 1.17. The molecule has 6 rings (SSSR count). The van der Waals surface area contributed by atoms with Crippen molar-refractivity contribution in [1.29, 1.82) is 0 Å². The van der Waals surface area contributed by atoms with Gasteiger partial charge in [-0.3, -0.25) is 4.79 Å². The van der Waals surface area contributed by atoms with Gasteiger partial charge in [0.25, 0.3) is 0 Å². The van der Waals surface area contributed by atoms with E-state index in [0.717, 1.165) is 61.3 Å². The van der Waals surface area contributed by atoms with E-state index < -0.39 is 0 Å². The van der Waals surface area contributed by atoms with E-state index in [1.54, 1.807) is 0 Å². The zero-order chi connectivity index (χ0) is 22.7. The Hall–Kier alpha value is -1.84. The Labute approximate surface area is 199 Å². The molecule has 4 aliphatic carbocycles.